The van der Waals surface area contributed by atoms with E-state index in [1.807, 2.05) is 49.2 Å². The van der Waals surface area contributed by atoms with Crippen LogP contribution < -0.4 is 15.2 Å². The molecular formula is C34H46FN7O6. The molecule has 2 aromatic rings. The van der Waals surface area contributed by atoms with Gasteiger partial charge in [0.2, 0.25) is 23.4 Å². The third kappa shape index (κ3) is 9.31. The van der Waals surface area contributed by atoms with E-state index in [0.29, 0.717) is 32.4 Å². The molecule has 0 spiro atoms. The van der Waals surface area contributed by atoms with Gasteiger partial charge in [-0.15, -0.1) is 0 Å². The summed E-state index contributed by atoms with van der Waals surface area (Å²) < 4.78 is 32.1. The van der Waals surface area contributed by atoms with Crippen molar-refractivity contribution in [1.29, 1.82) is 5.26 Å². The quantitative estimate of drug-likeness (QED) is 0.164. The second-order valence-corrected chi connectivity index (χ2v) is 13.8. The number of carbonyl (C=O) groups excluding carboxylic acids is 2. The van der Waals surface area contributed by atoms with Gasteiger partial charge in [-0.25, -0.2) is 14.0 Å². The standard InChI is InChI=1S/C34H46FN7O6/c1-21(26-17-23(35)20-41(26)7)45-27-19-28(46-25-14-16-42(24(18-25)13-15-36)32(44)47-33(2,3)4)39-30(38-27)29(37)40-48-31(43)34(5,6)22-11-9-8-10-12-22/h8-12,19,21,23-26H,13-14,16-18,20H2,1-7H3,(H2,37,40)/t21-,23+,24+,25-,26-/m0/s1. The van der Waals surface area contributed by atoms with Crippen molar-refractivity contribution in [2.24, 2.45) is 10.9 Å². The van der Waals surface area contributed by atoms with Crippen LogP contribution >= 0.6 is 0 Å². The minimum absolute atomic E-state index is 0.0920. The first-order valence-electron chi connectivity index (χ1n) is 16.1. The molecule has 13 nitrogen and oxygen atoms in total. The molecule has 260 valence electrons. The summed E-state index contributed by atoms with van der Waals surface area (Å²) in [5.74, 6) is -0.834. The molecule has 0 bridgehead atoms. The molecule has 5 atom stereocenters. The summed E-state index contributed by atoms with van der Waals surface area (Å²) in [6.07, 6.45) is -1.14. The highest BCUT2D eigenvalue weighted by atomic mass is 19.1. The van der Waals surface area contributed by atoms with Crippen molar-refractivity contribution < 1.29 is 33.0 Å². The lowest BCUT2D eigenvalue weighted by molar-refractivity contribution is -0.149. The molecule has 0 radical (unpaired) electrons. The van der Waals surface area contributed by atoms with Gasteiger partial charge in [0.25, 0.3) is 0 Å². The van der Waals surface area contributed by atoms with Crippen LogP contribution in [0, 0.1) is 11.3 Å². The van der Waals surface area contributed by atoms with Gasteiger partial charge >= 0.3 is 12.1 Å². The molecule has 2 saturated heterocycles. The molecule has 1 amide bonds. The van der Waals surface area contributed by atoms with E-state index in [-0.39, 0.29) is 35.9 Å². The number of alkyl halides is 1. The van der Waals surface area contributed by atoms with E-state index in [1.165, 1.54) is 6.07 Å². The number of nitriles is 1. The van der Waals surface area contributed by atoms with E-state index in [0.717, 1.165) is 5.56 Å². The number of nitrogens with two attached hydrogens (primary N) is 1. The number of amidine groups is 1. The molecule has 0 aliphatic carbocycles. The number of nitrogens with zero attached hydrogens (tertiary/aromatic N) is 6. The summed E-state index contributed by atoms with van der Waals surface area (Å²) in [5.41, 5.74) is 5.27. The topological polar surface area (TPSA) is 165 Å². The number of benzene rings is 1. The van der Waals surface area contributed by atoms with Gasteiger partial charge in [-0.3, -0.25) is 4.90 Å². The molecule has 4 rings (SSSR count). The Labute approximate surface area is 281 Å². The highest BCUT2D eigenvalue weighted by Gasteiger charge is 2.37. The summed E-state index contributed by atoms with van der Waals surface area (Å²) in [6.45, 7) is 11.2. The Morgan fingerprint density at radius 3 is 2.46 bits per heavy atom. The number of oxime groups is 1. The fourth-order valence-corrected chi connectivity index (χ4v) is 5.79. The summed E-state index contributed by atoms with van der Waals surface area (Å²) in [5, 5.41) is 13.3. The molecule has 14 heteroatoms. The Bertz CT molecular complexity index is 1510. The van der Waals surface area contributed by atoms with Crippen molar-refractivity contribution in [3.05, 3.63) is 47.8 Å². The van der Waals surface area contributed by atoms with Crippen LogP contribution in [0.1, 0.15) is 78.6 Å². The average molecular weight is 668 g/mol. The van der Waals surface area contributed by atoms with Crippen LogP contribution in [0.2, 0.25) is 0 Å². The third-order valence-electron chi connectivity index (χ3n) is 8.45. The number of likely N-dealkylation sites (N-methyl/N-ethyl adjacent to an activating group) is 1. The number of ether oxygens (including phenoxy) is 3. The lowest BCUT2D eigenvalue weighted by Gasteiger charge is -2.38. The summed E-state index contributed by atoms with van der Waals surface area (Å²) in [7, 11) is 1.83. The Hall–Kier alpha value is -4.51. The fourth-order valence-electron chi connectivity index (χ4n) is 5.79. The van der Waals surface area contributed by atoms with Crippen LogP contribution in [-0.4, -0.2) is 93.9 Å². The van der Waals surface area contributed by atoms with Crippen molar-refractivity contribution >= 4 is 17.9 Å². The minimum atomic E-state index is -1.02. The van der Waals surface area contributed by atoms with Crippen molar-refractivity contribution in [1.82, 2.24) is 19.8 Å². The number of hydrogen-bond acceptors (Lipinski definition) is 11. The highest BCUT2D eigenvalue weighted by molar-refractivity contribution is 5.94. The number of halogens is 1. The Morgan fingerprint density at radius 1 is 1.15 bits per heavy atom. The second-order valence-electron chi connectivity index (χ2n) is 13.8. The first-order chi connectivity index (χ1) is 22.6. The van der Waals surface area contributed by atoms with Gasteiger partial charge in [-0.1, -0.05) is 35.5 Å². The Balaban J connectivity index is 1.56. The van der Waals surface area contributed by atoms with Crippen LogP contribution in [0.4, 0.5) is 9.18 Å². The maximum Gasteiger partial charge on any atom is 0.410 e. The molecule has 3 heterocycles. The molecule has 2 N–H and O–H groups in total. The van der Waals surface area contributed by atoms with E-state index in [1.54, 1.807) is 39.5 Å². The van der Waals surface area contributed by atoms with Gasteiger partial charge in [0.05, 0.1) is 30.0 Å². The molecule has 0 saturated carbocycles. The Kier molecular flexibility index (Phi) is 11.5. The highest BCUT2D eigenvalue weighted by Crippen LogP contribution is 2.29. The maximum atomic E-state index is 14.1. The van der Waals surface area contributed by atoms with Crippen molar-refractivity contribution in [3.63, 3.8) is 0 Å². The summed E-state index contributed by atoms with van der Waals surface area (Å²) in [6, 6.07) is 12.1. The first-order valence-corrected chi connectivity index (χ1v) is 16.1. The number of amides is 1. The van der Waals surface area contributed by atoms with E-state index >= 15 is 0 Å². The predicted molar refractivity (Wildman–Crippen MR) is 175 cm³/mol. The maximum absolute atomic E-state index is 14.1. The average Bonchev–Trinajstić information content (AvgIpc) is 3.36. The lowest BCUT2D eigenvalue weighted by atomic mass is 9.85. The largest absolute Gasteiger partial charge is 0.474 e. The predicted octanol–water partition coefficient (Wildman–Crippen LogP) is 4.49. The van der Waals surface area contributed by atoms with Crippen molar-refractivity contribution in [2.75, 3.05) is 20.1 Å². The molecule has 48 heavy (non-hydrogen) atoms. The van der Waals surface area contributed by atoms with Gasteiger partial charge < -0.3 is 29.7 Å². The zero-order valence-electron chi connectivity index (χ0n) is 28.7. The smallest absolute Gasteiger partial charge is 0.410 e. The second kappa shape index (κ2) is 15.1. The number of likely N-dealkylation sites (tertiary alicyclic amines) is 2. The van der Waals surface area contributed by atoms with Crippen molar-refractivity contribution in [3.8, 4) is 17.8 Å². The first kappa shape index (κ1) is 36.3. The normalized spacial score (nSPS) is 22.8. The number of rotatable bonds is 10. The molecule has 1 aromatic carbocycles. The monoisotopic (exact) mass is 667 g/mol. The number of aromatic nitrogens is 2. The van der Waals surface area contributed by atoms with Gasteiger partial charge in [0.1, 0.15) is 24.0 Å². The zero-order valence-corrected chi connectivity index (χ0v) is 28.7. The SMILES string of the molecule is C[C@H](Oc1cc(O[C@H]2CCN(C(=O)OC(C)(C)C)[C@H](CC#N)C2)nc(C(N)=NOC(=O)C(C)(C)c2ccccc2)n1)[C@@H]1C[C@@H](F)CN1C. The lowest BCUT2D eigenvalue weighted by Crippen LogP contribution is -2.50. The van der Waals surface area contributed by atoms with Crippen LogP contribution in [0.25, 0.3) is 0 Å². The van der Waals surface area contributed by atoms with Gasteiger partial charge in [-0.2, -0.15) is 15.2 Å². The van der Waals surface area contributed by atoms with Crippen LogP contribution in [0.15, 0.2) is 41.6 Å². The number of hydrogen-bond donors (Lipinski definition) is 1. The number of carbonyl (C=O) groups is 2. The zero-order chi connectivity index (χ0) is 35.2. The molecule has 2 aliphatic heterocycles. The van der Waals surface area contributed by atoms with Crippen LogP contribution in [-0.2, 0) is 19.8 Å². The van der Waals surface area contributed by atoms with Gasteiger partial charge in [-0.05, 0) is 60.6 Å². The van der Waals surface area contributed by atoms with E-state index < -0.39 is 47.5 Å². The van der Waals surface area contributed by atoms with Crippen LogP contribution in [0.5, 0.6) is 11.8 Å². The van der Waals surface area contributed by atoms with Crippen LogP contribution in [0.3, 0.4) is 0 Å². The molecule has 0 unspecified atom stereocenters. The van der Waals surface area contributed by atoms with E-state index in [2.05, 4.69) is 21.2 Å². The van der Waals surface area contributed by atoms with Gasteiger partial charge in [0.15, 0.2) is 0 Å². The molecule has 1 aromatic heterocycles. The summed E-state index contributed by atoms with van der Waals surface area (Å²) in [4.78, 5) is 43.4. The van der Waals surface area contributed by atoms with E-state index in [4.69, 9.17) is 24.8 Å². The molecular weight excluding hydrogens is 621 g/mol. The number of piperidine rings is 1. The molecule has 2 aliphatic rings. The van der Waals surface area contributed by atoms with Gasteiger partial charge in [0, 0.05) is 32.0 Å². The van der Waals surface area contributed by atoms with Crippen molar-refractivity contribution in [2.45, 2.75) is 109 Å². The third-order valence-corrected chi connectivity index (χ3v) is 8.45. The van der Waals surface area contributed by atoms with E-state index in [9.17, 15) is 19.2 Å². The molecule has 2 fully saturated rings. The summed E-state index contributed by atoms with van der Waals surface area (Å²) >= 11 is 0. The Morgan fingerprint density at radius 2 is 1.83 bits per heavy atom. The minimum Gasteiger partial charge on any atom is -0.474 e. The fraction of sp³-hybridized carbons (Fsp3) is 0.588.